The summed E-state index contributed by atoms with van der Waals surface area (Å²) < 4.78 is 0. The molecule has 0 atom stereocenters. The van der Waals surface area contributed by atoms with Gasteiger partial charge < -0.3 is 15.4 Å². The molecular weight excluding hydrogens is 244 g/mol. The third kappa shape index (κ3) is 3.66. The fourth-order valence-electron chi connectivity index (χ4n) is 1.43. The molecule has 0 bridgehead atoms. The number of amides is 1. The fourth-order valence-corrected chi connectivity index (χ4v) is 1.43. The molecule has 2 aromatic heterocycles. The van der Waals surface area contributed by atoms with E-state index in [1.807, 2.05) is 0 Å². The maximum absolute atomic E-state index is 11.9. The van der Waals surface area contributed by atoms with E-state index in [1.165, 1.54) is 12.4 Å². The third-order valence-electron chi connectivity index (χ3n) is 2.28. The molecule has 0 saturated heterocycles. The van der Waals surface area contributed by atoms with E-state index in [1.54, 1.807) is 18.5 Å². The van der Waals surface area contributed by atoms with E-state index >= 15 is 0 Å². The molecule has 0 saturated carbocycles. The molecule has 6 nitrogen and oxygen atoms in total. The molecule has 0 aromatic carbocycles. The lowest BCUT2D eigenvalue weighted by atomic mass is 10.2. The van der Waals surface area contributed by atoms with E-state index in [0.29, 0.717) is 23.5 Å². The van der Waals surface area contributed by atoms with Gasteiger partial charge in [0.2, 0.25) is 0 Å². The summed E-state index contributed by atoms with van der Waals surface area (Å²) >= 11 is 0. The first-order valence-corrected chi connectivity index (χ1v) is 5.61. The summed E-state index contributed by atoms with van der Waals surface area (Å²) in [7, 11) is 0. The number of imidazole rings is 1. The van der Waals surface area contributed by atoms with Gasteiger partial charge in [-0.15, -0.1) is 0 Å². The molecule has 1 amide bonds. The van der Waals surface area contributed by atoms with Gasteiger partial charge in [-0.05, 0) is 6.07 Å². The summed E-state index contributed by atoms with van der Waals surface area (Å²) in [6, 6.07) is 1.62. The Morgan fingerprint density at radius 2 is 2.37 bits per heavy atom. The number of hydrogen-bond donors (Lipinski definition) is 3. The Labute approximate surface area is 109 Å². The zero-order chi connectivity index (χ0) is 13.5. The summed E-state index contributed by atoms with van der Waals surface area (Å²) in [6.07, 6.45) is 6.30. The van der Waals surface area contributed by atoms with Gasteiger partial charge in [-0.25, -0.2) is 4.98 Å². The van der Waals surface area contributed by atoms with Gasteiger partial charge in [0.05, 0.1) is 12.1 Å². The fraction of sp³-hybridized carbons (Fsp3) is 0.154. The number of hydrogen-bond acceptors (Lipinski definition) is 4. The zero-order valence-electron chi connectivity index (χ0n) is 10.1. The molecule has 19 heavy (non-hydrogen) atoms. The van der Waals surface area contributed by atoms with Crippen LogP contribution in [0.2, 0.25) is 0 Å². The van der Waals surface area contributed by atoms with E-state index in [2.05, 4.69) is 32.1 Å². The van der Waals surface area contributed by atoms with Crippen molar-refractivity contribution in [3.63, 3.8) is 0 Å². The predicted molar refractivity (Wildman–Crippen MR) is 68.0 cm³/mol. The number of carbonyl (C=O) groups is 1. The second-order valence-electron chi connectivity index (χ2n) is 3.64. The monoisotopic (exact) mass is 256 g/mol. The van der Waals surface area contributed by atoms with Gasteiger partial charge >= 0.3 is 0 Å². The molecule has 0 aliphatic carbocycles. The molecule has 0 fully saturated rings. The first kappa shape index (κ1) is 12.8. The molecule has 0 radical (unpaired) electrons. The van der Waals surface area contributed by atoms with Crippen LogP contribution in [0.1, 0.15) is 21.7 Å². The van der Waals surface area contributed by atoms with Crippen LogP contribution in [0.15, 0.2) is 30.9 Å². The van der Waals surface area contributed by atoms with Crippen molar-refractivity contribution in [2.45, 2.75) is 6.54 Å². The minimum Gasteiger partial charge on any atom is -0.384 e. The van der Waals surface area contributed by atoms with E-state index in [0.717, 1.165) is 0 Å². The van der Waals surface area contributed by atoms with Gasteiger partial charge in [0, 0.05) is 30.4 Å². The summed E-state index contributed by atoms with van der Waals surface area (Å²) in [5.74, 6) is 5.63. The molecule has 2 rings (SSSR count). The van der Waals surface area contributed by atoms with Crippen molar-refractivity contribution in [2.75, 3.05) is 6.61 Å². The average molecular weight is 256 g/mol. The second-order valence-corrected chi connectivity index (χ2v) is 3.64. The van der Waals surface area contributed by atoms with Crippen LogP contribution in [0.4, 0.5) is 0 Å². The molecule has 0 aliphatic rings. The van der Waals surface area contributed by atoms with Gasteiger partial charge in [0.15, 0.2) is 0 Å². The number of nitrogens with one attached hydrogen (secondary N) is 2. The van der Waals surface area contributed by atoms with Crippen molar-refractivity contribution in [1.29, 1.82) is 0 Å². The number of rotatable bonds is 3. The highest BCUT2D eigenvalue weighted by Crippen LogP contribution is 2.02. The Bertz CT molecular complexity index is 611. The maximum Gasteiger partial charge on any atom is 0.253 e. The van der Waals surface area contributed by atoms with E-state index in [4.69, 9.17) is 5.11 Å². The van der Waals surface area contributed by atoms with Gasteiger partial charge in [-0.3, -0.25) is 9.78 Å². The standard InChI is InChI=1S/C13H12N4O2/c18-5-1-2-10-6-11(8-14-7-10)13(19)17-9-12-15-3-4-16-12/h3-4,6-8,18H,5,9H2,(H,15,16)(H,17,19). The summed E-state index contributed by atoms with van der Waals surface area (Å²) in [6.45, 7) is 0.0906. The Balaban J connectivity index is 2.02. The molecule has 2 aromatic rings. The molecular formula is C13H12N4O2. The van der Waals surface area contributed by atoms with E-state index < -0.39 is 0 Å². The van der Waals surface area contributed by atoms with Crippen molar-refractivity contribution in [3.8, 4) is 11.8 Å². The van der Waals surface area contributed by atoms with Crippen LogP contribution in [0.25, 0.3) is 0 Å². The van der Waals surface area contributed by atoms with Gasteiger partial charge in [0.1, 0.15) is 12.4 Å². The van der Waals surface area contributed by atoms with Crippen molar-refractivity contribution >= 4 is 5.91 Å². The topological polar surface area (TPSA) is 90.9 Å². The van der Waals surface area contributed by atoms with Crippen LogP contribution in [0.5, 0.6) is 0 Å². The SMILES string of the molecule is O=C(NCc1ncc[nH]1)c1cncc(C#CCO)c1. The van der Waals surface area contributed by atoms with Gasteiger partial charge in [0.25, 0.3) is 5.91 Å². The molecule has 6 heteroatoms. The average Bonchev–Trinajstić information content (AvgIpc) is 2.96. The maximum atomic E-state index is 11.9. The van der Waals surface area contributed by atoms with Crippen LogP contribution >= 0.6 is 0 Å². The normalized spacial score (nSPS) is 9.53. The highest BCUT2D eigenvalue weighted by Gasteiger charge is 2.06. The molecule has 2 heterocycles. The first-order valence-electron chi connectivity index (χ1n) is 5.61. The smallest absolute Gasteiger partial charge is 0.253 e. The highest BCUT2D eigenvalue weighted by molar-refractivity contribution is 5.94. The van der Waals surface area contributed by atoms with Gasteiger partial charge in [-0.1, -0.05) is 11.8 Å². The number of pyridine rings is 1. The molecule has 0 spiro atoms. The number of aliphatic hydroxyl groups excluding tert-OH is 1. The second kappa shape index (κ2) is 6.33. The number of carbonyl (C=O) groups excluding carboxylic acids is 1. The minimum absolute atomic E-state index is 0.227. The van der Waals surface area contributed by atoms with Gasteiger partial charge in [-0.2, -0.15) is 0 Å². The van der Waals surface area contributed by atoms with Crippen molar-refractivity contribution in [1.82, 2.24) is 20.3 Å². The lowest BCUT2D eigenvalue weighted by Gasteiger charge is -2.03. The van der Waals surface area contributed by atoms with Crippen molar-refractivity contribution in [3.05, 3.63) is 47.8 Å². The predicted octanol–water partition coefficient (Wildman–Crippen LogP) is 0.0785. The molecule has 3 N–H and O–H groups in total. The van der Waals surface area contributed by atoms with Crippen molar-refractivity contribution in [2.24, 2.45) is 0 Å². The highest BCUT2D eigenvalue weighted by atomic mass is 16.2. The summed E-state index contributed by atoms with van der Waals surface area (Å²) in [5.41, 5.74) is 0.996. The number of H-pyrrole nitrogens is 1. The summed E-state index contributed by atoms with van der Waals surface area (Å²) in [5, 5.41) is 11.3. The Morgan fingerprint density at radius 3 is 3.11 bits per heavy atom. The lowest BCUT2D eigenvalue weighted by Crippen LogP contribution is -2.23. The number of aromatic nitrogens is 3. The number of nitrogens with zero attached hydrogens (tertiary/aromatic N) is 2. The third-order valence-corrected chi connectivity index (χ3v) is 2.28. The van der Waals surface area contributed by atoms with Crippen LogP contribution in [-0.4, -0.2) is 32.6 Å². The summed E-state index contributed by atoms with van der Waals surface area (Å²) in [4.78, 5) is 22.7. The van der Waals surface area contributed by atoms with E-state index in [-0.39, 0.29) is 12.5 Å². The quantitative estimate of drug-likeness (QED) is 0.678. The van der Waals surface area contributed by atoms with Crippen LogP contribution in [0.3, 0.4) is 0 Å². The van der Waals surface area contributed by atoms with Crippen LogP contribution in [-0.2, 0) is 6.54 Å². The zero-order valence-corrected chi connectivity index (χ0v) is 10.1. The number of aliphatic hydroxyl groups is 1. The molecule has 0 unspecified atom stereocenters. The Morgan fingerprint density at radius 1 is 1.47 bits per heavy atom. The molecule has 96 valence electrons. The van der Waals surface area contributed by atoms with Crippen LogP contribution < -0.4 is 5.32 Å². The number of aromatic amines is 1. The largest absolute Gasteiger partial charge is 0.384 e. The first-order chi connectivity index (χ1) is 9.29. The molecule has 0 aliphatic heterocycles. The Kier molecular flexibility index (Phi) is 4.26. The van der Waals surface area contributed by atoms with Crippen molar-refractivity contribution < 1.29 is 9.90 Å². The minimum atomic E-state index is -0.253. The van der Waals surface area contributed by atoms with E-state index in [9.17, 15) is 4.79 Å². The Hall–Kier alpha value is -2.65. The van der Waals surface area contributed by atoms with Crippen LogP contribution in [0, 0.1) is 11.8 Å². The lowest BCUT2D eigenvalue weighted by molar-refractivity contribution is 0.0949.